The van der Waals surface area contributed by atoms with Gasteiger partial charge >= 0.3 is 18.0 Å². The summed E-state index contributed by atoms with van der Waals surface area (Å²) in [6.45, 7) is 2.02. The van der Waals surface area contributed by atoms with E-state index in [9.17, 15) is 48.2 Å². The van der Waals surface area contributed by atoms with Gasteiger partial charge in [-0.15, -0.1) is 0 Å². The molecule has 0 spiro atoms. The summed E-state index contributed by atoms with van der Waals surface area (Å²) in [5.41, 5.74) is 1.06. The maximum absolute atomic E-state index is 13.3. The number of carboxylic acids is 2. The highest BCUT2D eigenvalue weighted by Gasteiger charge is 2.33. The predicted molar refractivity (Wildman–Crippen MR) is 161 cm³/mol. The van der Waals surface area contributed by atoms with Gasteiger partial charge in [0.1, 0.15) is 31.4 Å². The number of carbonyl (C=O) groups excluding carboxylic acids is 5. The van der Waals surface area contributed by atoms with Gasteiger partial charge in [0.2, 0.25) is 17.7 Å². The van der Waals surface area contributed by atoms with Crippen molar-refractivity contribution in [2.45, 2.75) is 76.7 Å². The fraction of sp³-hybridized carbons (Fsp3) is 0.467. The molecule has 47 heavy (non-hydrogen) atoms. The summed E-state index contributed by atoms with van der Waals surface area (Å²) in [6.07, 6.45) is -0.448. The Balaban J connectivity index is 2.19. The second-order valence-corrected chi connectivity index (χ2v) is 11.0. The maximum atomic E-state index is 13.3. The number of amides is 4. The lowest BCUT2D eigenvalue weighted by atomic mass is 10.0. The van der Waals surface area contributed by atoms with E-state index in [4.69, 9.17) is 4.74 Å². The minimum Gasteiger partial charge on any atom is -0.481 e. The average molecular weight is 663 g/mol. The van der Waals surface area contributed by atoms with Crippen LogP contribution in [0.15, 0.2) is 42.9 Å². The Morgan fingerprint density at radius 2 is 1.47 bits per heavy atom. The number of aliphatic carboxylic acids is 2. The molecule has 256 valence electrons. The zero-order valence-corrected chi connectivity index (χ0v) is 25.9. The minimum absolute atomic E-state index is 0.0843. The largest absolute Gasteiger partial charge is 0.481 e. The Morgan fingerprint density at radius 3 is 2.04 bits per heavy atom. The molecule has 0 aliphatic heterocycles. The van der Waals surface area contributed by atoms with Crippen LogP contribution in [0.4, 0.5) is 9.18 Å². The number of H-pyrrole nitrogens is 1. The van der Waals surface area contributed by atoms with Gasteiger partial charge in [-0.1, -0.05) is 44.2 Å². The number of alkyl halides is 1. The van der Waals surface area contributed by atoms with E-state index < -0.39 is 91.6 Å². The van der Waals surface area contributed by atoms with Crippen molar-refractivity contribution < 1.29 is 52.9 Å². The number of alkyl carbamates (subject to hydrolysis) is 1. The molecular formula is C30H39FN6O10. The fourth-order valence-electron chi connectivity index (χ4n) is 4.30. The number of benzene rings is 1. The van der Waals surface area contributed by atoms with Crippen molar-refractivity contribution >= 4 is 41.5 Å². The Labute approximate surface area is 269 Å². The average Bonchev–Trinajstić information content (AvgIpc) is 3.53. The SMILES string of the molecule is CC(C)C[C@H](NC(=O)OCc1ccccc1)C(=O)N[C@@H](CCC(=O)O)C(=O)N[C@@H](CC(=O)O)C(=O)N[C@@H](Cc1cnc[nH]1)C(=O)CF. The van der Waals surface area contributed by atoms with Gasteiger partial charge in [-0.2, -0.15) is 0 Å². The molecular weight excluding hydrogens is 623 g/mol. The Bertz CT molecular complexity index is 1370. The summed E-state index contributed by atoms with van der Waals surface area (Å²) in [7, 11) is 0. The van der Waals surface area contributed by atoms with Crippen LogP contribution in [-0.2, 0) is 46.5 Å². The third kappa shape index (κ3) is 14.1. The van der Waals surface area contributed by atoms with Crippen LogP contribution in [0.2, 0.25) is 0 Å². The van der Waals surface area contributed by atoms with Gasteiger partial charge in [0.25, 0.3) is 0 Å². The number of hydrogen-bond acceptors (Lipinski definition) is 9. The van der Waals surface area contributed by atoms with Crippen molar-refractivity contribution in [1.82, 2.24) is 31.2 Å². The second kappa shape index (κ2) is 19.2. The first-order valence-electron chi connectivity index (χ1n) is 14.7. The molecule has 16 nitrogen and oxygen atoms in total. The van der Waals surface area contributed by atoms with E-state index in [0.29, 0.717) is 11.3 Å². The van der Waals surface area contributed by atoms with Crippen LogP contribution in [0.5, 0.6) is 0 Å². The summed E-state index contributed by atoms with van der Waals surface area (Å²) >= 11 is 0. The first-order valence-corrected chi connectivity index (χ1v) is 14.7. The highest BCUT2D eigenvalue weighted by atomic mass is 19.1. The van der Waals surface area contributed by atoms with E-state index in [1.54, 1.807) is 44.2 Å². The van der Waals surface area contributed by atoms with Gasteiger partial charge in [-0.3, -0.25) is 28.8 Å². The molecule has 7 N–H and O–H groups in total. The number of carboxylic acid groups (broad SMARTS) is 2. The quantitative estimate of drug-likeness (QED) is 0.104. The summed E-state index contributed by atoms with van der Waals surface area (Å²) in [4.78, 5) is 93.7. The molecule has 0 fully saturated rings. The third-order valence-electron chi connectivity index (χ3n) is 6.64. The molecule has 1 heterocycles. The third-order valence-corrected chi connectivity index (χ3v) is 6.64. The molecule has 0 saturated heterocycles. The number of hydrogen-bond donors (Lipinski definition) is 7. The van der Waals surface area contributed by atoms with Gasteiger partial charge in [-0.05, 0) is 24.3 Å². The molecule has 4 amide bonds. The van der Waals surface area contributed by atoms with E-state index in [-0.39, 0.29) is 25.4 Å². The van der Waals surface area contributed by atoms with Crippen molar-refractivity contribution in [2.24, 2.45) is 5.92 Å². The van der Waals surface area contributed by atoms with Crippen LogP contribution < -0.4 is 21.3 Å². The molecule has 0 saturated carbocycles. The first kappa shape index (κ1) is 37.8. The number of rotatable bonds is 20. The summed E-state index contributed by atoms with van der Waals surface area (Å²) in [5.74, 6) is -7.11. The zero-order valence-electron chi connectivity index (χ0n) is 25.9. The molecule has 4 atom stereocenters. The van der Waals surface area contributed by atoms with E-state index in [2.05, 4.69) is 31.2 Å². The van der Waals surface area contributed by atoms with E-state index in [1.807, 2.05) is 0 Å². The first-order chi connectivity index (χ1) is 22.3. The van der Waals surface area contributed by atoms with E-state index in [0.717, 1.165) is 0 Å². The van der Waals surface area contributed by atoms with Crippen molar-refractivity contribution in [1.29, 1.82) is 0 Å². The molecule has 2 rings (SSSR count). The second-order valence-electron chi connectivity index (χ2n) is 11.0. The van der Waals surface area contributed by atoms with Crippen molar-refractivity contribution in [3.05, 3.63) is 54.1 Å². The highest BCUT2D eigenvalue weighted by Crippen LogP contribution is 2.09. The van der Waals surface area contributed by atoms with E-state index in [1.165, 1.54) is 12.5 Å². The Kier molecular flexibility index (Phi) is 15.5. The number of carbonyl (C=O) groups is 7. The molecule has 0 radical (unpaired) electrons. The van der Waals surface area contributed by atoms with Crippen LogP contribution in [0.25, 0.3) is 0 Å². The molecule has 1 aromatic heterocycles. The molecule has 0 bridgehead atoms. The van der Waals surface area contributed by atoms with Crippen LogP contribution in [0.1, 0.15) is 50.8 Å². The summed E-state index contributed by atoms with van der Waals surface area (Å²) in [5, 5.41) is 27.8. The maximum Gasteiger partial charge on any atom is 0.408 e. The lowest BCUT2D eigenvalue weighted by Gasteiger charge is -2.26. The van der Waals surface area contributed by atoms with Gasteiger partial charge in [-0.25, -0.2) is 14.2 Å². The molecule has 1 aromatic carbocycles. The fourth-order valence-corrected chi connectivity index (χ4v) is 4.30. The topological polar surface area (TPSA) is 246 Å². The number of nitrogens with zero attached hydrogens (tertiary/aromatic N) is 1. The predicted octanol–water partition coefficient (Wildman–Crippen LogP) is 0.626. The smallest absolute Gasteiger partial charge is 0.408 e. The Morgan fingerprint density at radius 1 is 0.851 bits per heavy atom. The number of halogens is 1. The Hall–Kier alpha value is -5.35. The molecule has 17 heteroatoms. The summed E-state index contributed by atoms with van der Waals surface area (Å²) < 4.78 is 18.4. The highest BCUT2D eigenvalue weighted by molar-refractivity contribution is 5.97. The normalized spacial score (nSPS) is 13.4. The minimum atomic E-state index is -1.81. The van der Waals surface area contributed by atoms with Gasteiger partial charge < -0.3 is 41.2 Å². The van der Waals surface area contributed by atoms with Crippen molar-refractivity contribution in [3.8, 4) is 0 Å². The van der Waals surface area contributed by atoms with Crippen molar-refractivity contribution in [3.63, 3.8) is 0 Å². The molecule has 2 aromatic rings. The number of nitrogens with one attached hydrogen (secondary N) is 5. The van der Waals surface area contributed by atoms with Gasteiger partial charge in [0.05, 0.1) is 18.8 Å². The lowest BCUT2D eigenvalue weighted by molar-refractivity contribution is -0.141. The number of aromatic amines is 1. The number of aromatic nitrogens is 2. The van der Waals surface area contributed by atoms with Crippen LogP contribution in [-0.4, -0.2) is 92.6 Å². The number of ketones is 1. The molecule has 0 aliphatic rings. The van der Waals surface area contributed by atoms with Crippen LogP contribution in [0.3, 0.4) is 0 Å². The number of Topliss-reactive ketones (excluding diaryl/α,β-unsaturated/α-hetero) is 1. The monoisotopic (exact) mass is 662 g/mol. The molecule has 0 unspecified atom stereocenters. The van der Waals surface area contributed by atoms with Crippen molar-refractivity contribution in [2.75, 3.05) is 6.67 Å². The van der Waals surface area contributed by atoms with Gasteiger partial charge in [0.15, 0.2) is 5.78 Å². The number of ether oxygens (including phenoxy) is 1. The lowest BCUT2D eigenvalue weighted by Crippen LogP contribution is -2.58. The molecule has 0 aliphatic carbocycles. The van der Waals surface area contributed by atoms with Crippen LogP contribution in [0, 0.1) is 5.92 Å². The van der Waals surface area contributed by atoms with Gasteiger partial charge in [0, 0.05) is 24.7 Å². The van der Waals surface area contributed by atoms with E-state index >= 15 is 0 Å². The number of imidazole rings is 1. The summed E-state index contributed by atoms with van der Waals surface area (Å²) in [6, 6.07) is 2.70. The zero-order chi connectivity index (χ0) is 34.9. The van der Waals surface area contributed by atoms with Crippen LogP contribution >= 0.6 is 0 Å². The standard InChI is InChI=1S/C30H39FN6O10/c1-17(2)10-22(37-30(46)47-15-18-6-4-3-5-7-18)28(44)34-20(8-9-25(39)40)27(43)36-23(12-26(41)42)29(45)35-21(24(38)13-31)11-19-14-32-16-33-19/h3-7,14,16-17,20-23H,8-13,15H2,1-2H3,(H,32,33)(H,34,44)(H,35,45)(H,36,43)(H,37,46)(H,39,40)(H,41,42)/t20-,21-,22-,23-/m0/s1.